The van der Waals surface area contributed by atoms with Crippen LogP contribution in [0, 0.1) is 6.92 Å². The highest BCUT2D eigenvalue weighted by Crippen LogP contribution is 2.24. The van der Waals surface area contributed by atoms with E-state index in [0.29, 0.717) is 11.7 Å². The summed E-state index contributed by atoms with van der Waals surface area (Å²) < 4.78 is 2.88. The van der Waals surface area contributed by atoms with Gasteiger partial charge in [-0.3, -0.25) is 4.40 Å². The topological polar surface area (TPSA) is 42.2 Å². The summed E-state index contributed by atoms with van der Waals surface area (Å²) in [5.41, 5.74) is 3.11. The standard InChI is InChI=1S/C12H10BrClN4S/c1-7-10(18-2-3-19-12(18)17-7)6-15-8-4-9(13)11(14)16-5-8/h2-5,15H,6H2,1H3. The van der Waals surface area contributed by atoms with Crippen molar-refractivity contribution in [1.82, 2.24) is 14.4 Å². The molecular weight excluding hydrogens is 348 g/mol. The van der Waals surface area contributed by atoms with Crippen LogP contribution in [0.15, 0.2) is 28.3 Å². The maximum Gasteiger partial charge on any atom is 0.194 e. The van der Waals surface area contributed by atoms with E-state index in [1.54, 1.807) is 17.5 Å². The smallest absolute Gasteiger partial charge is 0.194 e. The van der Waals surface area contributed by atoms with E-state index in [9.17, 15) is 0 Å². The third-order valence-electron chi connectivity index (χ3n) is 2.82. The minimum absolute atomic E-state index is 0.464. The third kappa shape index (κ3) is 2.48. The Morgan fingerprint density at radius 3 is 3.16 bits per heavy atom. The molecule has 0 bridgehead atoms. The van der Waals surface area contributed by atoms with Gasteiger partial charge in [0.2, 0.25) is 0 Å². The van der Waals surface area contributed by atoms with E-state index < -0.39 is 0 Å². The molecule has 98 valence electrons. The van der Waals surface area contributed by atoms with Gasteiger partial charge in [-0.2, -0.15) is 0 Å². The fraction of sp³-hybridized carbons (Fsp3) is 0.167. The third-order valence-corrected chi connectivity index (χ3v) is 4.71. The summed E-state index contributed by atoms with van der Waals surface area (Å²) in [6, 6.07) is 1.91. The molecule has 3 heterocycles. The molecule has 0 aliphatic carbocycles. The molecule has 3 aromatic heterocycles. The van der Waals surface area contributed by atoms with Gasteiger partial charge in [-0.05, 0) is 28.9 Å². The fourth-order valence-corrected chi connectivity index (χ4v) is 3.09. The molecule has 0 aliphatic heterocycles. The van der Waals surface area contributed by atoms with E-state index in [1.807, 2.05) is 24.6 Å². The predicted molar refractivity (Wildman–Crippen MR) is 82.1 cm³/mol. The number of nitrogens with one attached hydrogen (secondary N) is 1. The van der Waals surface area contributed by atoms with E-state index in [-0.39, 0.29) is 0 Å². The molecule has 0 saturated heterocycles. The molecule has 0 aliphatic rings. The summed E-state index contributed by atoms with van der Waals surface area (Å²) >= 11 is 10.9. The molecule has 0 fully saturated rings. The van der Waals surface area contributed by atoms with E-state index in [1.165, 1.54) is 0 Å². The van der Waals surface area contributed by atoms with Gasteiger partial charge < -0.3 is 5.32 Å². The highest BCUT2D eigenvalue weighted by atomic mass is 79.9. The van der Waals surface area contributed by atoms with Crippen LogP contribution >= 0.6 is 38.9 Å². The van der Waals surface area contributed by atoms with Gasteiger partial charge in [0.1, 0.15) is 5.15 Å². The molecule has 19 heavy (non-hydrogen) atoms. The van der Waals surface area contributed by atoms with Crippen LogP contribution < -0.4 is 5.32 Å². The van der Waals surface area contributed by atoms with Gasteiger partial charge in [0.15, 0.2) is 4.96 Å². The lowest BCUT2D eigenvalue weighted by atomic mass is 10.3. The van der Waals surface area contributed by atoms with Gasteiger partial charge in [-0.15, -0.1) is 11.3 Å². The largest absolute Gasteiger partial charge is 0.378 e. The van der Waals surface area contributed by atoms with Gasteiger partial charge in [-0.1, -0.05) is 11.6 Å². The highest BCUT2D eigenvalue weighted by Gasteiger charge is 2.09. The van der Waals surface area contributed by atoms with Crippen molar-refractivity contribution < 1.29 is 0 Å². The molecule has 0 amide bonds. The Hall–Kier alpha value is -1.11. The maximum atomic E-state index is 5.87. The number of hydrogen-bond acceptors (Lipinski definition) is 4. The summed E-state index contributed by atoms with van der Waals surface area (Å²) in [5, 5.41) is 5.83. The number of hydrogen-bond donors (Lipinski definition) is 1. The molecule has 0 spiro atoms. The number of imidazole rings is 1. The monoisotopic (exact) mass is 356 g/mol. The molecule has 3 rings (SSSR count). The van der Waals surface area contributed by atoms with Crippen LogP contribution in [-0.2, 0) is 6.54 Å². The van der Waals surface area contributed by atoms with Crippen molar-refractivity contribution >= 4 is 49.5 Å². The van der Waals surface area contributed by atoms with Gasteiger partial charge in [0.25, 0.3) is 0 Å². The van der Waals surface area contributed by atoms with Crippen LogP contribution in [0.2, 0.25) is 5.15 Å². The lowest BCUT2D eigenvalue weighted by molar-refractivity contribution is 0.992. The molecule has 4 nitrogen and oxygen atoms in total. The van der Waals surface area contributed by atoms with Crippen molar-refractivity contribution in [2.45, 2.75) is 13.5 Å². The number of nitrogens with zero attached hydrogens (tertiary/aromatic N) is 3. The van der Waals surface area contributed by atoms with E-state index in [0.717, 1.165) is 26.5 Å². The number of rotatable bonds is 3. The zero-order chi connectivity index (χ0) is 13.4. The summed E-state index contributed by atoms with van der Waals surface area (Å²) in [4.78, 5) is 9.62. The van der Waals surface area contributed by atoms with E-state index in [4.69, 9.17) is 11.6 Å². The van der Waals surface area contributed by atoms with Crippen LogP contribution in [0.4, 0.5) is 5.69 Å². The Kier molecular flexibility index (Phi) is 3.47. The fourth-order valence-electron chi connectivity index (χ4n) is 1.86. The Bertz CT molecular complexity index is 736. The predicted octanol–water partition coefficient (Wildman–Crippen LogP) is 4.13. The van der Waals surface area contributed by atoms with Gasteiger partial charge in [-0.25, -0.2) is 9.97 Å². The Morgan fingerprint density at radius 2 is 2.37 bits per heavy atom. The summed E-state index contributed by atoms with van der Waals surface area (Å²) in [6.07, 6.45) is 3.75. The van der Waals surface area contributed by atoms with Crippen LogP contribution in [0.1, 0.15) is 11.4 Å². The number of fused-ring (bicyclic) bond motifs is 1. The second-order valence-corrected chi connectivity index (χ2v) is 6.14. The number of thiazole rings is 1. The van der Waals surface area contributed by atoms with E-state index in [2.05, 4.69) is 35.6 Å². The van der Waals surface area contributed by atoms with Crippen molar-refractivity contribution in [3.05, 3.63) is 44.9 Å². The minimum Gasteiger partial charge on any atom is -0.378 e. The lowest BCUT2D eigenvalue weighted by Crippen LogP contribution is -2.03. The number of anilines is 1. The van der Waals surface area contributed by atoms with Crippen molar-refractivity contribution in [2.24, 2.45) is 0 Å². The normalized spacial score (nSPS) is 11.1. The number of aromatic nitrogens is 3. The first kappa shape index (κ1) is 12.9. The molecule has 0 aromatic carbocycles. The number of halogens is 2. The lowest BCUT2D eigenvalue weighted by Gasteiger charge is -2.07. The molecule has 0 atom stereocenters. The first-order chi connectivity index (χ1) is 9.15. The van der Waals surface area contributed by atoms with Gasteiger partial charge in [0.05, 0.1) is 34.3 Å². The van der Waals surface area contributed by atoms with Crippen LogP contribution in [0.3, 0.4) is 0 Å². The number of aryl methyl sites for hydroxylation is 1. The summed E-state index contributed by atoms with van der Waals surface area (Å²) in [6.45, 7) is 2.71. The zero-order valence-corrected chi connectivity index (χ0v) is 13.2. The van der Waals surface area contributed by atoms with Crippen molar-refractivity contribution in [3.63, 3.8) is 0 Å². The Balaban J connectivity index is 1.83. The van der Waals surface area contributed by atoms with Crippen LogP contribution in [-0.4, -0.2) is 14.4 Å². The first-order valence-corrected chi connectivity index (χ1v) is 7.66. The molecule has 7 heteroatoms. The average molecular weight is 358 g/mol. The van der Waals surface area contributed by atoms with Crippen LogP contribution in [0.25, 0.3) is 4.96 Å². The molecule has 0 radical (unpaired) electrons. The second-order valence-electron chi connectivity index (χ2n) is 4.05. The molecule has 3 aromatic rings. The van der Waals surface area contributed by atoms with Crippen molar-refractivity contribution in [2.75, 3.05) is 5.32 Å². The van der Waals surface area contributed by atoms with Crippen molar-refractivity contribution in [3.8, 4) is 0 Å². The van der Waals surface area contributed by atoms with Gasteiger partial charge >= 0.3 is 0 Å². The molecule has 0 saturated carbocycles. The van der Waals surface area contributed by atoms with E-state index >= 15 is 0 Å². The Morgan fingerprint density at radius 1 is 1.53 bits per heavy atom. The molecule has 1 N–H and O–H groups in total. The molecular formula is C12H10BrClN4S. The quantitative estimate of drug-likeness (QED) is 0.717. The van der Waals surface area contributed by atoms with Gasteiger partial charge in [0, 0.05) is 11.6 Å². The SMILES string of the molecule is Cc1nc2sccn2c1CNc1cnc(Cl)c(Br)c1. The second kappa shape index (κ2) is 5.11. The van der Waals surface area contributed by atoms with Crippen molar-refractivity contribution in [1.29, 1.82) is 0 Å². The summed E-state index contributed by atoms with van der Waals surface area (Å²) in [7, 11) is 0. The Labute approximate surface area is 127 Å². The minimum atomic E-state index is 0.464. The first-order valence-electron chi connectivity index (χ1n) is 5.61. The summed E-state index contributed by atoms with van der Waals surface area (Å²) in [5.74, 6) is 0. The van der Waals surface area contributed by atoms with Crippen LogP contribution in [0.5, 0.6) is 0 Å². The highest BCUT2D eigenvalue weighted by molar-refractivity contribution is 9.10. The zero-order valence-electron chi connectivity index (χ0n) is 10.0. The number of pyridine rings is 1. The maximum absolute atomic E-state index is 5.87. The molecule has 0 unspecified atom stereocenters. The average Bonchev–Trinajstić information content (AvgIpc) is 2.92.